The first kappa shape index (κ1) is 14.2. The fourth-order valence-electron chi connectivity index (χ4n) is 2.09. The third-order valence-corrected chi connectivity index (χ3v) is 3.27. The summed E-state index contributed by atoms with van der Waals surface area (Å²) in [7, 11) is 0. The number of aryl methyl sites for hydroxylation is 1. The normalized spacial score (nSPS) is 12.0. The Bertz CT molecular complexity index is 826. The number of aromatic nitrogens is 4. The van der Waals surface area contributed by atoms with Gasteiger partial charge in [0.2, 0.25) is 5.65 Å². The molecule has 9 heteroatoms. The molecule has 3 rings (SSSR count). The summed E-state index contributed by atoms with van der Waals surface area (Å²) in [6.07, 6.45) is -3.37. The average molecular weight is 309 g/mol. The standard InChI is InChI=1S/C13H10F3N5O/c1-6-9(10(17)11-12(19-6)21-22-20-11)4-8-3-2-7(5-18-8)13(14,15)16/h2-3,5H,4,17H2,1H3. The fourth-order valence-corrected chi connectivity index (χ4v) is 2.09. The summed E-state index contributed by atoms with van der Waals surface area (Å²) in [5, 5.41) is 7.27. The molecule has 0 unspecified atom stereocenters. The number of nitrogens with zero attached hydrogens (tertiary/aromatic N) is 4. The minimum atomic E-state index is -4.41. The fraction of sp³-hybridized carbons (Fsp3) is 0.231. The van der Waals surface area contributed by atoms with Crippen LogP contribution in [0.25, 0.3) is 11.2 Å². The second-order valence-corrected chi connectivity index (χ2v) is 4.74. The largest absolute Gasteiger partial charge is 0.417 e. The summed E-state index contributed by atoms with van der Waals surface area (Å²) < 4.78 is 42.1. The topological polar surface area (TPSA) is 90.7 Å². The summed E-state index contributed by atoms with van der Waals surface area (Å²) in [6.45, 7) is 1.73. The van der Waals surface area contributed by atoms with E-state index in [1.165, 1.54) is 6.07 Å². The molecule has 0 aliphatic heterocycles. The first-order valence-electron chi connectivity index (χ1n) is 6.25. The van der Waals surface area contributed by atoms with Crippen LogP contribution >= 0.6 is 0 Å². The van der Waals surface area contributed by atoms with E-state index in [1.807, 2.05) is 0 Å². The van der Waals surface area contributed by atoms with E-state index < -0.39 is 11.7 Å². The van der Waals surface area contributed by atoms with Gasteiger partial charge in [0.1, 0.15) is 0 Å². The Hall–Kier alpha value is -2.71. The zero-order valence-corrected chi connectivity index (χ0v) is 11.3. The van der Waals surface area contributed by atoms with Crippen molar-refractivity contribution in [2.24, 2.45) is 0 Å². The highest BCUT2D eigenvalue weighted by atomic mass is 19.4. The zero-order valence-electron chi connectivity index (χ0n) is 11.3. The van der Waals surface area contributed by atoms with E-state index in [0.717, 1.165) is 12.3 Å². The molecular formula is C13H10F3N5O. The molecule has 3 aromatic heterocycles. The number of fused-ring (bicyclic) bond motifs is 1. The molecule has 0 spiro atoms. The van der Waals surface area contributed by atoms with E-state index in [0.29, 0.717) is 33.8 Å². The van der Waals surface area contributed by atoms with E-state index in [-0.39, 0.29) is 6.42 Å². The highest BCUT2D eigenvalue weighted by molar-refractivity contribution is 5.85. The highest BCUT2D eigenvalue weighted by Gasteiger charge is 2.30. The van der Waals surface area contributed by atoms with Crippen LogP contribution in [0.2, 0.25) is 0 Å². The first-order chi connectivity index (χ1) is 10.4. The molecule has 0 aliphatic rings. The van der Waals surface area contributed by atoms with Crippen LogP contribution in [-0.4, -0.2) is 20.3 Å². The zero-order chi connectivity index (χ0) is 15.9. The van der Waals surface area contributed by atoms with Crippen LogP contribution in [0, 0.1) is 6.92 Å². The number of pyridine rings is 2. The maximum Gasteiger partial charge on any atom is 0.417 e. The smallest absolute Gasteiger partial charge is 0.396 e. The Morgan fingerprint density at radius 1 is 1.23 bits per heavy atom. The molecular weight excluding hydrogens is 299 g/mol. The summed E-state index contributed by atoms with van der Waals surface area (Å²) in [6, 6.07) is 2.30. The van der Waals surface area contributed by atoms with Gasteiger partial charge in [-0.05, 0) is 29.4 Å². The van der Waals surface area contributed by atoms with E-state index in [1.54, 1.807) is 6.92 Å². The molecule has 2 N–H and O–H groups in total. The van der Waals surface area contributed by atoms with Crippen molar-refractivity contribution in [1.82, 2.24) is 20.3 Å². The number of nitrogens with two attached hydrogens (primary N) is 1. The molecule has 0 atom stereocenters. The quantitative estimate of drug-likeness (QED) is 0.782. The lowest BCUT2D eigenvalue weighted by Crippen LogP contribution is -2.07. The Labute approximate surface area is 122 Å². The highest BCUT2D eigenvalue weighted by Crippen LogP contribution is 2.29. The van der Waals surface area contributed by atoms with Gasteiger partial charge < -0.3 is 5.73 Å². The van der Waals surface area contributed by atoms with Gasteiger partial charge in [-0.1, -0.05) is 0 Å². The molecule has 0 amide bonds. The van der Waals surface area contributed by atoms with Crippen molar-refractivity contribution in [3.05, 3.63) is 40.8 Å². The molecule has 0 aromatic carbocycles. The van der Waals surface area contributed by atoms with E-state index >= 15 is 0 Å². The van der Waals surface area contributed by atoms with Crippen LogP contribution in [0.1, 0.15) is 22.5 Å². The number of halogens is 3. The third kappa shape index (κ3) is 2.45. The number of hydrogen-bond donors (Lipinski definition) is 1. The monoisotopic (exact) mass is 309 g/mol. The van der Waals surface area contributed by atoms with Gasteiger partial charge in [-0.15, -0.1) is 0 Å². The molecule has 0 saturated carbocycles. The lowest BCUT2D eigenvalue weighted by Gasteiger charge is -2.10. The van der Waals surface area contributed by atoms with Gasteiger partial charge in [0.05, 0.1) is 11.3 Å². The van der Waals surface area contributed by atoms with Crippen LogP contribution in [0.15, 0.2) is 23.0 Å². The van der Waals surface area contributed by atoms with Gasteiger partial charge in [0, 0.05) is 29.6 Å². The minimum Gasteiger partial charge on any atom is -0.396 e. The predicted molar refractivity (Wildman–Crippen MR) is 70.8 cm³/mol. The molecule has 0 bridgehead atoms. The molecule has 0 fully saturated rings. The summed E-state index contributed by atoms with van der Waals surface area (Å²) in [5.41, 5.74) is 7.84. The van der Waals surface area contributed by atoms with Crippen molar-refractivity contribution in [1.29, 1.82) is 0 Å². The molecule has 6 nitrogen and oxygen atoms in total. The van der Waals surface area contributed by atoms with Crippen LogP contribution in [0.3, 0.4) is 0 Å². The number of rotatable bonds is 2. The number of hydrogen-bond acceptors (Lipinski definition) is 6. The van der Waals surface area contributed by atoms with Gasteiger partial charge in [0.25, 0.3) is 0 Å². The maximum atomic E-state index is 12.5. The lowest BCUT2D eigenvalue weighted by molar-refractivity contribution is -0.137. The van der Waals surface area contributed by atoms with Gasteiger partial charge in [0.15, 0.2) is 5.52 Å². The first-order valence-corrected chi connectivity index (χ1v) is 6.25. The number of anilines is 1. The SMILES string of the molecule is Cc1nc2nonc2c(N)c1Cc1ccc(C(F)(F)F)cn1. The Balaban J connectivity index is 1.96. The van der Waals surface area contributed by atoms with Gasteiger partial charge in [-0.2, -0.15) is 13.2 Å². The van der Waals surface area contributed by atoms with E-state index in [2.05, 4.69) is 24.9 Å². The van der Waals surface area contributed by atoms with Gasteiger partial charge in [-0.25, -0.2) is 9.61 Å². The Kier molecular flexibility index (Phi) is 3.19. The molecule has 22 heavy (non-hydrogen) atoms. The number of alkyl halides is 3. The van der Waals surface area contributed by atoms with Crippen molar-refractivity contribution in [2.75, 3.05) is 5.73 Å². The molecule has 0 aliphatic carbocycles. The van der Waals surface area contributed by atoms with Crippen LogP contribution < -0.4 is 5.73 Å². The molecule has 114 valence electrons. The molecule has 3 heterocycles. The molecule has 0 radical (unpaired) electrons. The average Bonchev–Trinajstić information content (AvgIpc) is 2.91. The Morgan fingerprint density at radius 2 is 2.00 bits per heavy atom. The van der Waals surface area contributed by atoms with E-state index in [9.17, 15) is 13.2 Å². The predicted octanol–water partition coefficient (Wildman–Crippen LogP) is 2.51. The third-order valence-electron chi connectivity index (χ3n) is 3.27. The van der Waals surface area contributed by atoms with Crippen molar-refractivity contribution in [3.8, 4) is 0 Å². The van der Waals surface area contributed by atoms with Crippen molar-refractivity contribution < 1.29 is 17.8 Å². The molecule has 3 aromatic rings. The number of nitrogen functional groups attached to an aromatic ring is 1. The minimum absolute atomic E-state index is 0.242. The van der Waals surface area contributed by atoms with E-state index in [4.69, 9.17) is 5.73 Å². The second-order valence-electron chi connectivity index (χ2n) is 4.74. The Morgan fingerprint density at radius 3 is 2.64 bits per heavy atom. The summed E-state index contributed by atoms with van der Waals surface area (Å²) >= 11 is 0. The van der Waals surface area contributed by atoms with Crippen LogP contribution in [0.4, 0.5) is 18.9 Å². The van der Waals surface area contributed by atoms with Crippen molar-refractivity contribution >= 4 is 16.9 Å². The van der Waals surface area contributed by atoms with Crippen molar-refractivity contribution in [3.63, 3.8) is 0 Å². The summed E-state index contributed by atoms with van der Waals surface area (Å²) in [5.74, 6) is 0. The lowest BCUT2D eigenvalue weighted by atomic mass is 10.0. The van der Waals surface area contributed by atoms with Crippen LogP contribution in [-0.2, 0) is 12.6 Å². The van der Waals surface area contributed by atoms with Gasteiger partial charge in [-0.3, -0.25) is 4.98 Å². The van der Waals surface area contributed by atoms with Crippen LogP contribution in [0.5, 0.6) is 0 Å². The molecule has 0 saturated heterocycles. The van der Waals surface area contributed by atoms with Crippen molar-refractivity contribution in [2.45, 2.75) is 19.5 Å². The van der Waals surface area contributed by atoms with Gasteiger partial charge >= 0.3 is 6.18 Å². The second kappa shape index (κ2) is 4.93. The summed E-state index contributed by atoms with van der Waals surface area (Å²) in [4.78, 5) is 8.02. The maximum absolute atomic E-state index is 12.5.